The van der Waals surface area contributed by atoms with E-state index in [1.54, 1.807) is 28.0 Å². The molecule has 0 bridgehead atoms. The van der Waals surface area contributed by atoms with Crippen molar-refractivity contribution in [2.75, 3.05) is 4.90 Å². The van der Waals surface area contributed by atoms with Crippen LogP contribution < -0.4 is 4.90 Å². The average Bonchev–Trinajstić information content (AvgIpc) is 3.39. The van der Waals surface area contributed by atoms with E-state index in [4.69, 9.17) is 4.98 Å². The van der Waals surface area contributed by atoms with Crippen molar-refractivity contribution < 1.29 is 4.79 Å². The summed E-state index contributed by atoms with van der Waals surface area (Å²) >= 11 is 1.53. The molecule has 3 heterocycles. The number of hydrogen-bond donors (Lipinski definition) is 0. The number of aromatic nitrogens is 4. The van der Waals surface area contributed by atoms with Gasteiger partial charge < -0.3 is 0 Å². The SMILES string of the molecule is CC(C)c1cccc2sc(N(Cc3ccccn3)C(=O)c3ccnn3C(C)C)nc12. The highest BCUT2D eigenvalue weighted by molar-refractivity contribution is 7.22. The van der Waals surface area contributed by atoms with Crippen molar-refractivity contribution in [2.24, 2.45) is 0 Å². The van der Waals surface area contributed by atoms with Gasteiger partial charge in [0.25, 0.3) is 5.91 Å². The molecule has 6 nitrogen and oxygen atoms in total. The molecule has 1 amide bonds. The fourth-order valence-electron chi connectivity index (χ4n) is 3.45. The summed E-state index contributed by atoms with van der Waals surface area (Å²) in [6.07, 6.45) is 3.41. The van der Waals surface area contributed by atoms with Crippen LogP contribution in [0.5, 0.6) is 0 Å². The van der Waals surface area contributed by atoms with Crippen LogP contribution in [0.25, 0.3) is 10.2 Å². The van der Waals surface area contributed by atoms with Crippen LogP contribution >= 0.6 is 11.3 Å². The molecule has 154 valence electrons. The van der Waals surface area contributed by atoms with Crippen molar-refractivity contribution in [3.05, 3.63) is 71.8 Å². The second-order valence-corrected chi connectivity index (χ2v) is 8.82. The van der Waals surface area contributed by atoms with Gasteiger partial charge in [-0.15, -0.1) is 0 Å². The van der Waals surface area contributed by atoms with E-state index in [0.717, 1.165) is 15.9 Å². The molecule has 0 atom stereocenters. The predicted octanol–water partition coefficient (Wildman–Crippen LogP) is 5.44. The van der Waals surface area contributed by atoms with Gasteiger partial charge in [-0.3, -0.25) is 19.4 Å². The van der Waals surface area contributed by atoms with Gasteiger partial charge in [-0.1, -0.05) is 43.4 Å². The van der Waals surface area contributed by atoms with E-state index >= 15 is 0 Å². The number of amides is 1. The Morgan fingerprint density at radius 3 is 2.60 bits per heavy atom. The van der Waals surface area contributed by atoms with Crippen molar-refractivity contribution in [1.29, 1.82) is 0 Å². The first kappa shape index (κ1) is 20.2. The summed E-state index contributed by atoms with van der Waals surface area (Å²) in [6, 6.07) is 13.8. The summed E-state index contributed by atoms with van der Waals surface area (Å²) in [5.41, 5.74) is 3.50. The van der Waals surface area contributed by atoms with Crippen molar-refractivity contribution in [3.63, 3.8) is 0 Å². The van der Waals surface area contributed by atoms with E-state index in [0.29, 0.717) is 23.3 Å². The number of carbonyl (C=O) groups is 1. The van der Waals surface area contributed by atoms with Crippen LogP contribution in [0.3, 0.4) is 0 Å². The highest BCUT2D eigenvalue weighted by atomic mass is 32.1. The van der Waals surface area contributed by atoms with Gasteiger partial charge in [-0.2, -0.15) is 5.10 Å². The zero-order valence-electron chi connectivity index (χ0n) is 17.6. The van der Waals surface area contributed by atoms with Crippen molar-refractivity contribution in [2.45, 2.75) is 46.2 Å². The zero-order chi connectivity index (χ0) is 21.3. The number of hydrogen-bond acceptors (Lipinski definition) is 5. The van der Waals surface area contributed by atoms with Crippen molar-refractivity contribution in [1.82, 2.24) is 19.7 Å². The van der Waals surface area contributed by atoms with Crippen LogP contribution in [0.1, 0.15) is 61.4 Å². The Balaban J connectivity index is 1.81. The van der Waals surface area contributed by atoms with Crippen LogP contribution in [-0.2, 0) is 6.54 Å². The minimum atomic E-state index is -0.128. The first-order chi connectivity index (χ1) is 14.5. The van der Waals surface area contributed by atoms with Crippen molar-refractivity contribution in [3.8, 4) is 0 Å². The lowest BCUT2D eigenvalue weighted by Gasteiger charge is -2.21. The molecule has 0 saturated carbocycles. The maximum atomic E-state index is 13.6. The molecule has 0 fully saturated rings. The second kappa shape index (κ2) is 8.36. The van der Waals surface area contributed by atoms with Crippen LogP contribution in [-0.4, -0.2) is 25.7 Å². The molecule has 4 rings (SSSR count). The fraction of sp³-hybridized carbons (Fsp3) is 0.304. The van der Waals surface area contributed by atoms with Gasteiger partial charge in [0, 0.05) is 18.4 Å². The highest BCUT2D eigenvalue weighted by Gasteiger charge is 2.26. The summed E-state index contributed by atoms with van der Waals surface area (Å²) in [7, 11) is 0. The molecular formula is C23H25N5OS. The number of thiazole rings is 1. The number of carbonyl (C=O) groups excluding carboxylic acids is 1. The maximum absolute atomic E-state index is 13.6. The number of benzene rings is 1. The Morgan fingerprint density at radius 1 is 1.07 bits per heavy atom. The minimum absolute atomic E-state index is 0.0820. The average molecular weight is 420 g/mol. The summed E-state index contributed by atoms with van der Waals surface area (Å²) in [6.45, 7) is 8.69. The van der Waals surface area contributed by atoms with E-state index in [1.807, 2.05) is 32.0 Å². The molecule has 7 heteroatoms. The van der Waals surface area contributed by atoms with Crippen LogP contribution in [0.4, 0.5) is 5.13 Å². The Labute approximate surface area is 180 Å². The predicted molar refractivity (Wildman–Crippen MR) is 121 cm³/mol. The highest BCUT2D eigenvalue weighted by Crippen LogP contribution is 2.34. The van der Waals surface area contributed by atoms with Crippen LogP contribution in [0.15, 0.2) is 54.9 Å². The molecule has 0 aliphatic heterocycles. The van der Waals surface area contributed by atoms with Crippen LogP contribution in [0, 0.1) is 0 Å². The van der Waals surface area contributed by atoms with E-state index in [1.165, 1.54) is 16.9 Å². The molecule has 0 aliphatic rings. The molecule has 0 spiro atoms. The Morgan fingerprint density at radius 2 is 1.90 bits per heavy atom. The van der Waals surface area contributed by atoms with E-state index in [-0.39, 0.29) is 11.9 Å². The molecule has 0 N–H and O–H groups in total. The van der Waals surface area contributed by atoms with Gasteiger partial charge in [-0.25, -0.2) is 4.98 Å². The third kappa shape index (κ3) is 3.85. The molecule has 0 unspecified atom stereocenters. The van der Waals surface area contributed by atoms with Gasteiger partial charge in [0.1, 0.15) is 5.69 Å². The largest absolute Gasteiger partial charge is 0.278 e. The quantitative estimate of drug-likeness (QED) is 0.417. The summed E-state index contributed by atoms with van der Waals surface area (Å²) in [4.78, 5) is 24.7. The van der Waals surface area contributed by atoms with E-state index < -0.39 is 0 Å². The number of anilines is 1. The number of para-hydroxylation sites is 1. The van der Waals surface area contributed by atoms with Gasteiger partial charge in [-0.05, 0) is 49.6 Å². The number of fused-ring (bicyclic) bond motifs is 1. The molecule has 3 aromatic heterocycles. The molecule has 30 heavy (non-hydrogen) atoms. The lowest BCUT2D eigenvalue weighted by atomic mass is 10.0. The van der Waals surface area contributed by atoms with Crippen molar-refractivity contribution >= 4 is 32.6 Å². The van der Waals surface area contributed by atoms with Gasteiger partial charge in [0.05, 0.1) is 22.5 Å². The lowest BCUT2D eigenvalue weighted by Crippen LogP contribution is -2.32. The summed E-state index contributed by atoms with van der Waals surface area (Å²) in [5, 5.41) is 5.01. The Kier molecular flexibility index (Phi) is 5.63. The van der Waals surface area contributed by atoms with Crippen LogP contribution in [0.2, 0.25) is 0 Å². The number of rotatable bonds is 6. The number of pyridine rings is 1. The van der Waals surface area contributed by atoms with Gasteiger partial charge in [0.2, 0.25) is 0 Å². The zero-order valence-corrected chi connectivity index (χ0v) is 18.4. The lowest BCUT2D eigenvalue weighted by molar-refractivity contribution is 0.0972. The minimum Gasteiger partial charge on any atom is -0.277 e. The molecular weight excluding hydrogens is 394 g/mol. The smallest absolute Gasteiger partial charge is 0.277 e. The van der Waals surface area contributed by atoms with E-state index in [2.05, 4.69) is 42.1 Å². The molecule has 0 saturated heterocycles. The van der Waals surface area contributed by atoms with E-state index in [9.17, 15) is 4.79 Å². The Hall–Kier alpha value is -3.06. The normalized spacial score (nSPS) is 11.5. The molecule has 0 radical (unpaired) electrons. The molecule has 1 aromatic carbocycles. The summed E-state index contributed by atoms with van der Waals surface area (Å²) < 4.78 is 2.83. The second-order valence-electron chi connectivity index (χ2n) is 7.81. The maximum Gasteiger partial charge on any atom is 0.278 e. The third-order valence-corrected chi connectivity index (χ3v) is 6.01. The first-order valence-electron chi connectivity index (χ1n) is 10.1. The topological polar surface area (TPSA) is 63.9 Å². The summed E-state index contributed by atoms with van der Waals surface area (Å²) in [5.74, 6) is 0.225. The molecule has 0 aliphatic carbocycles. The monoisotopic (exact) mass is 419 g/mol. The standard InChI is InChI=1S/C23H25N5OS/c1-15(2)18-9-7-10-20-21(18)26-23(30-20)27(14-17-8-5-6-12-24-17)22(29)19-11-13-25-28(19)16(3)4/h5-13,15-16H,14H2,1-4H3. The fourth-order valence-corrected chi connectivity index (χ4v) is 4.45. The number of nitrogens with zero attached hydrogens (tertiary/aromatic N) is 5. The Bertz CT molecular complexity index is 1160. The van der Waals surface area contributed by atoms with Gasteiger partial charge >= 0.3 is 0 Å². The molecule has 4 aromatic rings. The first-order valence-corrected chi connectivity index (χ1v) is 10.9. The third-order valence-electron chi connectivity index (χ3n) is 4.96. The van der Waals surface area contributed by atoms with Gasteiger partial charge in [0.15, 0.2) is 5.13 Å².